The Morgan fingerprint density at radius 2 is 1.55 bits per heavy atom. The van der Waals surface area contributed by atoms with Crippen LogP contribution in [0.5, 0.6) is 0 Å². The van der Waals surface area contributed by atoms with Gasteiger partial charge in [-0.3, -0.25) is 14.9 Å². The minimum atomic E-state index is -1.06. The van der Waals surface area contributed by atoms with Crippen LogP contribution in [0.2, 0.25) is 0 Å². The Morgan fingerprint density at radius 1 is 1.10 bits per heavy atom. The number of nitrogens with zero attached hydrogens (tertiary/aromatic N) is 2. The van der Waals surface area contributed by atoms with Gasteiger partial charge in [0.2, 0.25) is 0 Å². The van der Waals surface area contributed by atoms with Gasteiger partial charge in [0.25, 0.3) is 0 Å². The van der Waals surface area contributed by atoms with Crippen molar-refractivity contribution in [1.82, 2.24) is 15.1 Å². The van der Waals surface area contributed by atoms with Gasteiger partial charge < -0.3 is 20.0 Å². The zero-order chi connectivity index (χ0) is 15.9. The Kier molecular flexibility index (Phi) is 8.36. The van der Waals surface area contributed by atoms with Gasteiger partial charge in [-0.2, -0.15) is 0 Å². The summed E-state index contributed by atoms with van der Waals surface area (Å²) < 4.78 is 0. The van der Waals surface area contributed by atoms with Crippen LogP contribution in [-0.2, 0) is 9.59 Å². The third-order valence-electron chi connectivity index (χ3n) is 3.40. The van der Waals surface area contributed by atoms with Crippen LogP contribution in [0.25, 0.3) is 0 Å². The summed E-state index contributed by atoms with van der Waals surface area (Å²) in [5, 5.41) is 19.1. The predicted octanol–water partition coefficient (Wildman–Crippen LogP) is -0.226. The first-order valence-corrected chi connectivity index (χ1v) is 6.75. The van der Waals surface area contributed by atoms with Gasteiger partial charge in [-0.05, 0) is 34.9 Å². The fourth-order valence-corrected chi connectivity index (χ4v) is 1.75. The van der Waals surface area contributed by atoms with Crippen molar-refractivity contribution in [3.8, 4) is 0 Å². The molecule has 0 bridgehead atoms. The van der Waals surface area contributed by atoms with E-state index < -0.39 is 24.0 Å². The van der Waals surface area contributed by atoms with E-state index in [1.54, 1.807) is 0 Å². The van der Waals surface area contributed by atoms with Crippen LogP contribution in [0.3, 0.4) is 0 Å². The van der Waals surface area contributed by atoms with Crippen LogP contribution in [0.1, 0.15) is 20.8 Å². The van der Waals surface area contributed by atoms with Crippen molar-refractivity contribution < 1.29 is 19.8 Å². The van der Waals surface area contributed by atoms with Crippen LogP contribution in [0, 0.1) is 0 Å². The number of carbonyl (C=O) groups is 2. The standard InChI is InChI=1S/C7H16N2.C6H11NO4/c1-7-6-8(2)4-5-9(7)3;1-3(5(8)9)7-4(2)6(10)11/h7H,4-6H2,1-3H3;3-4,7H,1-2H3,(H,8,9)(H,10,11). The van der Waals surface area contributed by atoms with Gasteiger partial charge in [-0.15, -0.1) is 0 Å². The first-order valence-electron chi connectivity index (χ1n) is 6.75. The molecule has 3 N–H and O–H groups in total. The maximum Gasteiger partial charge on any atom is 0.320 e. The second-order valence-electron chi connectivity index (χ2n) is 5.38. The lowest BCUT2D eigenvalue weighted by Crippen LogP contribution is -2.48. The van der Waals surface area contributed by atoms with Crippen LogP contribution >= 0.6 is 0 Å². The Bertz CT molecular complexity index is 307. The summed E-state index contributed by atoms with van der Waals surface area (Å²) in [7, 11) is 4.38. The Morgan fingerprint density at radius 3 is 1.85 bits per heavy atom. The topological polar surface area (TPSA) is 93.1 Å². The van der Waals surface area contributed by atoms with E-state index in [2.05, 4.69) is 36.1 Å². The summed E-state index contributed by atoms with van der Waals surface area (Å²) in [6, 6.07) is -0.925. The number of rotatable bonds is 4. The van der Waals surface area contributed by atoms with Gasteiger partial charge >= 0.3 is 11.9 Å². The molecule has 118 valence electrons. The molecule has 3 unspecified atom stereocenters. The Hall–Kier alpha value is -1.18. The van der Waals surface area contributed by atoms with Crippen molar-refractivity contribution in [2.75, 3.05) is 33.7 Å². The molecule has 0 aromatic carbocycles. The van der Waals surface area contributed by atoms with Crippen molar-refractivity contribution in [3.05, 3.63) is 0 Å². The lowest BCUT2D eigenvalue weighted by atomic mass is 10.2. The lowest BCUT2D eigenvalue weighted by molar-refractivity contribution is -0.141. The molecule has 20 heavy (non-hydrogen) atoms. The van der Waals surface area contributed by atoms with Crippen molar-refractivity contribution in [1.29, 1.82) is 0 Å². The van der Waals surface area contributed by atoms with Crippen LogP contribution in [0.15, 0.2) is 0 Å². The maximum atomic E-state index is 10.2. The zero-order valence-corrected chi connectivity index (χ0v) is 13.0. The average molecular weight is 289 g/mol. The third kappa shape index (κ3) is 7.42. The van der Waals surface area contributed by atoms with E-state index in [1.165, 1.54) is 33.5 Å². The lowest BCUT2D eigenvalue weighted by Gasteiger charge is -2.35. The number of piperazine rings is 1. The third-order valence-corrected chi connectivity index (χ3v) is 3.40. The van der Waals surface area contributed by atoms with E-state index in [0.717, 1.165) is 6.04 Å². The molecule has 0 spiro atoms. The molecule has 7 heteroatoms. The minimum Gasteiger partial charge on any atom is -0.480 e. The van der Waals surface area contributed by atoms with E-state index in [-0.39, 0.29) is 0 Å². The predicted molar refractivity (Wildman–Crippen MR) is 76.9 cm³/mol. The SMILES string of the molecule is CC(NC(C)C(=O)O)C(=O)O.CC1CN(C)CCN1C. The molecule has 1 aliphatic rings. The normalized spacial score (nSPS) is 23.4. The molecular weight excluding hydrogens is 262 g/mol. The first kappa shape index (κ1) is 18.8. The van der Waals surface area contributed by atoms with Gasteiger partial charge in [-0.1, -0.05) is 0 Å². The summed E-state index contributed by atoms with van der Waals surface area (Å²) >= 11 is 0. The molecule has 1 rings (SSSR count). The van der Waals surface area contributed by atoms with Crippen molar-refractivity contribution >= 4 is 11.9 Å². The molecule has 1 saturated heterocycles. The van der Waals surface area contributed by atoms with Gasteiger partial charge in [0.05, 0.1) is 0 Å². The molecule has 0 aromatic heterocycles. The highest BCUT2D eigenvalue weighted by molar-refractivity contribution is 5.76. The van der Waals surface area contributed by atoms with E-state index in [0.29, 0.717) is 0 Å². The zero-order valence-electron chi connectivity index (χ0n) is 13.0. The molecule has 3 atom stereocenters. The van der Waals surface area contributed by atoms with Crippen molar-refractivity contribution in [2.24, 2.45) is 0 Å². The van der Waals surface area contributed by atoms with Crippen molar-refractivity contribution in [2.45, 2.75) is 38.9 Å². The van der Waals surface area contributed by atoms with Crippen LogP contribution in [0.4, 0.5) is 0 Å². The summed E-state index contributed by atoms with van der Waals surface area (Å²) in [5.41, 5.74) is 0. The molecular formula is C13H27N3O4. The minimum absolute atomic E-state index is 0.740. The average Bonchev–Trinajstić information content (AvgIpc) is 2.34. The molecule has 0 amide bonds. The number of hydrogen-bond donors (Lipinski definition) is 3. The second kappa shape index (κ2) is 8.89. The summed E-state index contributed by atoms with van der Waals surface area (Å²) in [6.07, 6.45) is 0. The fraction of sp³-hybridized carbons (Fsp3) is 0.846. The van der Waals surface area contributed by atoms with Crippen LogP contribution in [-0.4, -0.2) is 83.8 Å². The molecule has 0 aliphatic carbocycles. The molecule has 1 aliphatic heterocycles. The smallest absolute Gasteiger partial charge is 0.320 e. The van der Waals surface area contributed by atoms with E-state index >= 15 is 0 Å². The monoisotopic (exact) mass is 289 g/mol. The highest BCUT2D eigenvalue weighted by Crippen LogP contribution is 2.03. The van der Waals surface area contributed by atoms with Gasteiger partial charge in [-0.25, -0.2) is 0 Å². The number of hydrogen-bond acceptors (Lipinski definition) is 5. The number of nitrogens with one attached hydrogen (secondary N) is 1. The summed E-state index contributed by atoms with van der Waals surface area (Å²) in [6.45, 7) is 8.72. The van der Waals surface area contributed by atoms with Crippen molar-refractivity contribution in [3.63, 3.8) is 0 Å². The Labute approximate surface area is 120 Å². The maximum absolute atomic E-state index is 10.2. The van der Waals surface area contributed by atoms with E-state index in [4.69, 9.17) is 10.2 Å². The molecule has 0 radical (unpaired) electrons. The molecule has 1 fully saturated rings. The van der Waals surface area contributed by atoms with Crippen LogP contribution < -0.4 is 5.32 Å². The quantitative estimate of drug-likeness (QED) is 0.658. The molecule has 0 aromatic rings. The summed E-state index contributed by atoms with van der Waals surface area (Å²) in [4.78, 5) is 25.2. The first-order chi connectivity index (χ1) is 9.15. The highest BCUT2D eigenvalue weighted by atomic mass is 16.4. The van der Waals surface area contributed by atoms with Gasteiger partial charge in [0.15, 0.2) is 0 Å². The Balaban J connectivity index is 0.000000367. The van der Waals surface area contributed by atoms with Gasteiger partial charge in [0, 0.05) is 25.7 Å². The van der Waals surface area contributed by atoms with E-state index in [9.17, 15) is 9.59 Å². The fourth-order valence-electron chi connectivity index (χ4n) is 1.75. The second-order valence-corrected chi connectivity index (χ2v) is 5.38. The largest absolute Gasteiger partial charge is 0.480 e. The van der Waals surface area contributed by atoms with E-state index in [1.807, 2.05) is 0 Å². The molecule has 7 nitrogen and oxygen atoms in total. The number of carboxylic acid groups (broad SMARTS) is 2. The number of carboxylic acids is 2. The highest BCUT2D eigenvalue weighted by Gasteiger charge is 2.18. The molecule has 1 heterocycles. The summed E-state index contributed by atoms with van der Waals surface area (Å²) in [5.74, 6) is -2.11. The molecule has 0 saturated carbocycles. The van der Waals surface area contributed by atoms with Gasteiger partial charge in [0.1, 0.15) is 12.1 Å². The number of likely N-dealkylation sites (N-methyl/N-ethyl adjacent to an activating group) is 2. The number of aliphatic carboxylic acids is 2.